The van der Waals surface area contributed by atoms with Gasteiger partial charge in [-0.1, -0.05) is 37.8 Å². The number of benzene rings is 1. The second-order valence-corrected chi connectivity index (χ2v) is 12.9. The van der Waals surface area contributed by atoms with Crippen LogP contribution >= 0.6 is 0 Å². The number of nitrogens with zero attached hydrogens (tertiary/aromatic N) is 1. The zero-order valence-corrected chi connectivity index (χ0v) is 16.0. The van der Waals surface area contributed by atoms with Crippen LogP contribution in [-0.2, 0) is 11.2 Å². The smallest absolute Gasteiger partial charge is 0.410 e. The van der Waals surface area contributed by atoms with Crippen LogP contribution in [0.2, 0.25) is 19.6 Å². The molecule has 1 aromatic carbocycles. The van der Waals surface area contributed by atoms with Gasteiger partial charge in [0.25, 0.3) is 5.92 Å². The first-order valence-corrected chi connectivity index (χ1v) is 12.0. The molecule has 1 aliphatic heterocycles. The lowest BCUT2D eigenvalue weighted by Gasteiger charge is -2.36. The van der Waals surface area contributed by atoms with Crippen molar-refractivity contribution >= 4 is 30.4 Å². The van der Waals surface area contributed by atoms with Gasteiger partial charge in [-0.2, -0.15) is 0 Å². The largest absolute Gasteiger partial charge is 0.443 e. The van der Waals surface area contributed by atoms with Gasteiger partial charge in [0, 0.05) is 22.3 Å². The highest BCUT2D eigenvalue weighted by Crippen LogP contribution is 2.26. The number of para-hydroxylation sites is 1. The van der Waals surface area contributed by atoms with Gasteiger partial charge in [-0.25, -0.2) is 13.6 Å². The van der Waals surface area contributed by atoms with Crippen LogP contribution in [0.15, 0.2) is 24.3 Å². The molecule has 0 unspecified atom stereocenters. The van der Waals surface area contributed by atoms with Crippen molar-refractivity contribution in [3.8, 4) is 0 Å². The Labute approximate surface area is 147 Å². The number of cyclic esters (lactones) is 1. The Morgan fingerprint density at radius 2 is 2.00 bits per heavy atom. The standard InChI is InChI=1S/C18H24F2N2O2Si/c1-12(22-10-18(19,20)11-24-17(22)23)9-14-13-7-5-6-8-15(13)21-16(14)25(2,3)4/h5-8,12,21H,9-11H2,1-4H3/t12-/m1/s1. The molecular weight excluding hydrogens is 342 g/mol. The minimum Gasteiger partial charge on any atom is -0.443 e. The summed E-state index contributed by atoms with van der Waals surface area (Å²) in [7, 11) is -1.66. The molecule has 25 heavy (non-hydrogen) atoms. The summed E-state index contributed by atoms with van der Waals surface area (Å²) in [6.07, 6.45) is -0.137. The van der Waals surface area contributed by atoms with Crippen molar-refractivity contribution in [2.45, 2.75) is 44.9 Å². The monoisotopic (exact) mass is 366 g/mol. The summed E-state index contributed by atoms with van der Waals surface area (Å²) >= 11 is 0. The van der Waals surface area contributed by atoms with Crippen LogP contribution in [0, 0.1) is 0 Å². The van der Waals surface area contributed by atoms with Gasteiger partial charge in [0.15, 0.2) is 6.61 Å². The summed E-state index contributed by atoms with van der Waals surface area (Å²) in [6.45, 7) is 7.12. The predicted octanol–water partition coefficient (Wildman–Crippen LogP) is 3.73. The second kappa shape index (κ2) is 6.12. The summed E-state index contributed by atoms with van der Waals surface area (Å²) in [5.41, 5.74) is 2.18. The fourth-order valence-corrected chi connectivity index (χ4v) is 5.06. The van der Waals surface area contributed by atoms with Gasteiger partial charge in [0.2, 0.25) is 0 Å². The van der Waals surface area contributed by atoms with E-state index in [1.807, 2.05) is 24.3 Å². The lowest BCUT2D eigenvalue weighted by molar-refractivity contribution is -0.112. The van der Waals surface area contributed by atoms with Crippen molar-refractivity contribution in [2.75, 3.05) is 13.2 Å². The van der Waals surface area contributed by atoms with E-state index < -0.39 is 33.2 Å². The third-order valence-electron chi connectivity index (χ3n) is 4.64. The van der Waals surface area contributed by atoms with Crippen LogP contribution in [0.25, 0.3) is 10.9 Å². The lowest BCUT2D eigenvalue weighted by Crippen LogP contribution is -2.54. The maximum Gasteiger partial charge on any atom is 0.410 e. The number of hydrogen-bond donors (Lipinski definition) is 1. The van der Waals surface area contributed by atoms with E-state index in [2.05, 4.69) is 29.4 Å². The number of aromatic nitrogens is 1. The molecule has 0 saturated carbocycles. The summed E-state index contributed by atoms with van der Waals surface area (Å²) in [4.78, 5) is 16.6. The van der Waals surface area contributed by atoms with Gasteiger partial charge in [0.1, 0.15) is 0 Å². The van der Waals surface area contributed by atoms with Crippen LogP contribution in [-0.4, -0.2) is 49.2 Å². The number of amides is 1. The summed E-state index contributed by atoms with van der Waals surface area (Å²) in [5, 5.41) is 2.31. The zero-order chi connectivity index (χ0) is 18.4. The number of aromatic amines is 1. The number of rotatable bonds is 4. The van der Waals surface area contributed by atoms with Gasteiger partial charge in [-0.15, -0.1) is 0 Å². The molecule has 1 aromatic heterocycles. The van der Waals surface area contributed by atoms with Gasteiger partial charge < -0.3 is 9.72 Å². The number of carbonyl (C=O) groups is 1. The van der Waals surface area contributed by atoms with E-state index in [1.54, 1.807) is 6.92 Å². The SMILES string of the molecule is C[C@H](Cc1c([Si](C)(C)C)[nH]c2ccccc12)N1CC(F)(F)COC1=O. The molecule has 1 saturated heterocycles. The number of ether oxygens (including phenoxy) is 1. The minimum atomic E-state index is -3.00. The van der Waals surface area contributed by atoms with Gasteiger partial charge in [0.05, 0.1) is 14.6 Å². The normalized spacial score (nSPS) is 19.1. The quantitative estimate of drug-likeness (QED) is 0.838. The molecule has 4 nitrogen and oxygen atoms in total. The predicted molar refractivity (Wildman–Crippen MR) is 97.4 cm³/mol. The van der Waals surface area contributed by atoms with Crippen molar-refractivity contribution in [3.63, 3.8) is 0 Å². The first kappa shape index (κ1) is 17.9. The van der Waals surface area contributed by atoms with Crippen LogP contribution in [0.5, 0.6) is 0 Å². The van der Waals surface area contributed by atoms with Gasteiger partial charge >= 0.3 is 6.09 Å². The van der Waals surface area contributed by atoms with Crippen molar-refractivity contribution in [3.05, 3.63) is 29.8 Å². The lowest BCUT2D eigenvalue weighted by atomic mass is 10.0. The van der Waals surface area contributed by atoms with Crippen LogP contribution in [0.3, 0.4) is 0 Å². The molecule has 1 amide bonds. The highest BCUT2D eigenvalue weighted by atomic mass is 28.3. The topological polar surface area (TPSA) is 45.3 Å². The first-order valence-electron chi connectivity index (χ1n) is 8.50. The Morgan fingerprint density at radius 1 is 1.32 bits per heavy atom. The fraction of sp³-hybridized carbons (Fsp3) is 0.500. The first-order chi connectivity index (χ1) is 11.6. The number of nitrogens with one attached hydrogen (secondary N) is 1. The number of alkyl halides is 2. The van der Waals surface area contributed by atoms with Gasteiger partial charge in [-0.05, 0) is 25.0 Å². The fourth-order valence-electron chi connectivity index (χ4n) is 3.40. The minimum absolute atomic E-state index is 0.368. The van der Waals surface area contributed by atoms with E-state index in [9.17, 15) is 13.6 Å². The molecule has 1 atom stereocenters. The van der Waals surface area contributed by atoms with E-state index in [0.29, 0.717) is 6.42 Å². The number of hydrogen-bond acceptors (Lipinski definition) is 2. The Hall–Kier alpha value is -1.89. The maximum absolute atomic E-state index is 13.7. The van der Waals surface area contributed by atoms with Crippen LogP contribution in [0.1, 0.15) is 12.5 Å². The summed E-state index contributed by atoms with van der Waals surface area (Å²) in [5.74, 6) is -3.00. The van der Waals surface area contributed by atoms with Gasteiger partial charge in [-0.3, -0.25) is 4.90 Å². The Morgan fingerprint density at radius 3 is 2.68 bits per heavy atom. The molecule has 0 radical (unpaired) electrons. The van der Waals surface area contributed by atoms with E-state index in [4.69, 9.17) is 0 Å². The molecule has 1 N–H and O–H groups in total. The molecular formula is C18H24F2N2O2Si. The number of halogens is 2. The van der Waals surface area contributed by atoms with E-state index in [0.717, 1.165) is 21.4 Å². The number of H-pyrrole nitrogens is 1. The Kier molecular flexibility index (Phi) is 4.39. The molecule has 0 bridgehead atoms. The molecule has 2 aromatic rings. The van der Waals surface area contributed by atoms with Crippen molar-refractivity contribution in [1.29, 1.82) is 0 Å². The Balaban J connectivity index is 1.95. The van der Waals surface area contributed by atoms with Crippen LogP contribution in [0.4, 0.5) is 13.6 Å². The molecule has 3 rings (SSSR count). The number of carbonyl (C=O) groups excluding carboxylic acids is 1. The molecule has 1 fully saturated rings. The second-order valence-electron chi connectivity index (χ2n) is 7.87. The molecule has 7 heteroatoms. The summed E-state index contributed by atoms with van der Waals surface area (Å²) in [6, 6.07) is 7.65. The molecule has 1 aliphatic rings. The van der Waals surface area contributed by atoms with E-state index in [-0.39, 0.29) is 6.04 Å². The highest BCUT2D eigenvalue weighted by Gasteiger charge is 2.42. The maximum atomic E-state index is 13.7. The van der Waals surface area contributed by atoms with Crippen molar-refractivity contribution < 1.29 is 18.3 Å². The molecule has 136 valence electrons. The molecule has 0 spiro atoms. The summed E-state index contributed by atoms with van der Waals surface area (Å²) < 4.78 is 32.0. The molecule has 2 heterocycles. The average molecular weight is 366 g/mol. The molecule has 0 aliphatic carbocycles. The third kappa shape index (κ3) is 3.56. The highest BCUT2D eigenvalue weighted by molar-refractivity contribution is 6.88. The van der Waals surface area contributed by atoms with E-state index in [1.165, 1.54) is 5.32 Å². The van der Waals surface area contributed by atoms with E-state index >= 15 is 0 Å². The zero-order valence-electron chi connectivity index (χ0n) is 15.0. The number of fused-ring (bicyclic) bond motifs is 1. The van der Waals surface area contributed by atoms with Crippen molar-refractivity contribution in [1.82, 2.24) is 9.88 Å². The third-order valence-corrected chi connectivity index (χ3v) is 6.56. The van der Waals surface area contributed by atoms with Crippen LogP contribution < -0.4 is 5.32 Å². The van der Waals surface area contributed by atoms with Crippen molar-refractivity contribution in [2.24, 2.45) is 0 Å². The average Bonchev–Trinajstić information content (AvgIpc) is 2.89. The Bertz CT molecular complexity index is 798.